The number of hydrogen-bond acceptors (Lipinski definition) is 5. The van der Waals surface area contributed by atoms with Crippen molar-refractivity contribution in [1.82, 2.24) is 25.4 Å². The van der Waals surface area contributed by atoms with Crippen LogP contribution in [0.1, 0.15) is 17.0 Å². The number of nitrogens with one attached hydrogen (secondary N) is 2. The Morgan fingerprint density at radius 1 is 1.17 bits per heavy atom. The number of carbonyl (C=O) groups excluding carboxylic acids is 1. The van der Waals surface area contributed by atoms with Gasteiger partial charge in [0.15, 0.2) is 0 Å². The minimum atomic E-state index is -4.37. The van der Waals surface area contributed by atoms with Gasteiger partial charge in [-0.15, -0.1) is 10.2 Å². The Labute approximate surface area is 198 Å². The number of urea groups is 1. The standard InChI is InChI=1S/C24H22F3N5O3/c1-14-30-31-22(35-14)21-9-17-8-15(2-7-20(17)29-21)10-28-23(33)32-11-16(12-32)13-34-19-5-3-18(4-6-19)24(25,26)27/h2-9,16,29H,10-13H2,1H3,(H,28,33). The van der Waals surface area contributed by atoms with Gasteiger partial charge in [0.2, 0.25) is 5.89 Å². The number of benzene rings is 2. The van der Waals surface area contributed by atoms with Crippen molar-refractivity contribution in [3.63, 3.8) is 0 Å². The minimum absolute atomic E-state index is 0.131. The number of likely N-dealkylation sites (tertiary alicyclic amines) is 1. The van der Waals surface area contributed by atoms with Crippen LogP contribution in [0.15, 0.2) is 52.9 Å². The maximum atomic E-state index is 12.6. The number of ether oxygens (including phenoxy) is 1. The molecule has 1 aliphatic heterocycles. The molecule has 0 unspecified atom stereocenters. The van der Waals surface area contributed by atoms with Crippen LogP contribution in [0.3, 0.4) is 0 Å². The van der Waals surface area contributed by atoms with E-state index in [1.54, 1.807) is 11.8 Å². The van der Waals surface area contributed by atoms with Gasteiger partial charge in [0.25, 0.3) is 5.89 Å². The molecule has 0 bridgehead atoms. The fourth-order valence-electron chi connectivity index (χ4n) is 3.90. The lowest BCUT2D eigenvalue weighted by Gasteiger charge is -2.38. The molecule has 8 nitrogen and oxygen atoms in total. The fraction of sp³-hybridized carbons (Fsp3) is 0.292. The quantitative estimate of drug-likeness (QED) is 0.410. The number of carbonyl (C=O) groups is 1. The molecular formula is C24H22F3N5O3. The summed E-state index contributed by atoms with van der Waals surface area (Å²) in [6.07, 6.45) is -4.37. The van der Waals surface area contributed by atoms with E-state index in [-0.39, 0.29) is 11.9 Å². The molecule has 35 heavy (non-hydrogen) atoms. The van der Waals surface area contributed by atoms with Crippen molar-refractivity contribution in [2.24, 2.45) is 5.92 Å². The first kappa shape index (κ1) is 22.8. The van der Waals surface area contributed by atoms with Crippen LogP contribution in [0.2, 0.25) is 0 Å². The van der Waals surface area contributed by atoms with E-state index < -0.39 is 11.7 Å². The Kier molecular flexibility index (Phi) is 5.83. The molecule has 2 N–H and O–H groups in total. The second-order valence-electron chi connectivity index (χ2n) is 8.49. The number of halogens is 3. The van der Waals surface area contributed by atoms with Crippen LogP contribution in [0, 0.1) is 12.8 Å². The summed E-state index contributed by atoms with van der Waals surface area (Å²) >= 11 is 0. The average molecular weight is 485 g/mol. The first-order valence-corrected chi connectivity index (χ1v) is 11.0. The molecule has 1 fully saturated rings. The molecule has 2 amide bonds. The zero-order chi connectivity index (χ0) is 24.6. The molecule has 3 heterocycles. The van der Waals surface area contributed by atoms with Gasteiger partial charge in [0.1, 0.15) is 11.4 Å². The zero-order valence-electron chi connectivity index (χ0n) is 18.7. The number of H-pyrrole nitrogens is 1. The van der Waals surface area contributed by atoms with Crippen LogP contribution >= 0.6 is 0 Å². The van der Waals surface area contributed by atoms with Crippen LogP contribution in [0.25, 0.3) is 22.5 Å². The third kappa shape index (κ3) is 5.08. The summed E-state index contributed by atoms with van der Waals surface area (Å²) in [5, 5.41) is 11.7. The molecule has 2 aromatic heterocycles. The number of aromatic nitrogens is 3. The number of hydrogen-bond donors (Lipinski definition) is 2. The van der Waals surface area contributed by atoms with Crippen LogP contribution in [-0.4, -0.2) is 45.8 Å². The van der Waals surface area contributed by atoms with Gasteiger partial charge in [0.05, 0.1) is 12.2 Å². The maximum absolute atomic E-state index is 12.6. The highest BCUT2D eigenvalue weighted by Crippen LogP contribution is 2.30. The van der Waals surface area contributed by atoms with Gasteiger partial charge >= 0.3 is 12.2 Å². The Bertz CT molecular complexity index is 1340. The van der Waals surface area contributed by atoms with Gasteiger partial charge in [-0.2, -0.15) is 13.2 Å². The van der Waals surface area contributed by atoms with Crippen LogP contribution in [0.5, 0.6) is 5.75 Å². The van der Waals surface area contributed by atoms with Crippen LogP contribution < -0.4 is 10.1 Å². The van der Waals surface area contributed by atoms with E-state index in [4.69, 9.17) is 9.15 Å². The third-order valence-electron chi connectivity index (χ3n) is 5.80. The van der Waals surface area contributed by atoms with Gasteiger partial charge in [-0.3, -0.25) is 0 Å². The molecule has 2 aromatic carbocycles. The topological polar surface area (TPSA) is 96.3 Å². The molecule has 4 aromatic rings. The summed E-state index contributed by atoms with van der Waals surface area (Å²) in [7, 11) is 0. The highest BCUT2D eigenvalue weighted by Gasteiger charge is 2.32. The van der Waals surface area contributed by atoms with Crippen molar-refractivity contribution in [1.29, 1.82) is 0 Å². The minimum Gasteiger partial charge on any atom is -0.493 e. The second kappa shape index (κ2) is 8.97. The second-order valence-corrected chi connectivity index (χ2v) is 8.49. The van der Waals surface area contributed by atoms with Gasteiger partial charge in [-0.1, -0.05) is 6.07 Å². The highest BCUT2D eigenvalue weighted by atomic mass is 19.4. The van der Waals surface area contributed by atoms with Gasteiger partial charge < -0.3 is 24.4 Å². The van der Waals surface area contributed by atoms with Crippen molar-refractivity contribution in [3.8, 4) is 17.3 Å². The average Bonchev–Trinajstić information content (AvgIpc) is 3.42. The molecular weight excluding hydrogens is 463 g/mol. The third-order valence-corrected chi connectivity index (χ3v) is 5.80. The molecule has 0 radical (unpaired) electrons. The number of aromatic amines is 1. The Hall–Kier alpha value is -4.02. The highest BCUT2D eigenvalue weighted by molar-refractivity contribution is 5.85. The van der Waals surface area contributed by atoms with Crippen LogP contribution in [-0.2, 0) is 12.7 Å². The summed E-state index contributed by atoms with van der Waals surface area (Å²) < 4.78 is 48.9. The monoisotopic (exact) mass is 485 g/mol. The smallest absolute Gasteiger partial charge is 0.416 e. The SMILES string of the molecule is Cc1nnc(-c2cc3cc(CNC(=O)N4CC(COc5ccc(C(F)(F)F)cc5)C4)ccc3[nH]2)o1. The summed E-state index contributed by atoms with van der Waals surface area (Å²) in [5.41, 5.74) is 1.88. The lowest BCUT2D eigenvalue weighted by atomic mass is 10.0. The molecule has 1 aliphatic rings. The van der Waals surface area contributed by atoms with Crippen molar-refractivity contribution >= 4 is 16.9 Å². The largest absolute Gasteiger partial charge is 0.493 e. The molecule has 1 saturated heterocycles. The fourth-order valence-corrected chi connectivity index (χ4v) is 3.90. The molecule has 11 heteroatoms. The van der Waals surface area contributed by atoms with E-state index in [0.29, 0.717) is 43.8 Å². The van der Waals surface area contributed by atoms with Crippen LogP contribution in [0.4, 0.5) is 18.0 Å². The molecule has 182 valence electrons. The molecule has 0 spiro atoms. The molecule has 0 atom stereocenters. The number of nitrogens with zero attached hydrogens (tertiary/aromatic N) is 3. The first-order valence-electron chi connectivity index (χ1n) is 11.0. The molecule has 5 rings (SSSR count). The lowest BCUT2D eigenvalue weighted by molar-refractivity contribution is -0.137. The van der Waals surface area contributed by atoms with E-state index in [1.807, 2.05) is 24.3 Å². The van der Waals surface area contributed by atoms with Gasteiger partial charge in [-0.25, -0.2) is 4.79 Å². The van der Waals surface area contributed by atoms with E-state index in [1.165, 1.54) is 12.1 Å². The van der Waals surface area contributed by atoms with Crippen molar-refractivity contribution < 1.29 is 27.1 Å². The maximum Gasteiger partial charge on any atom is 0.416 e. The summed E-state index contributed by atoms with van der Waals surface area (Å²) in [6, 6.07) is 12.2. The summed E-state index contributed by atoms with van der Waals surface area (Å²) in [6.45, 7) is 3.48. The predicted molar refractivity (Wildman–Crippen MR) is 121 cm³/mol. The number of aryl methyl sites for hydroxylation is 1. The first-order chi connectivity index (χ1) is 16.7. The Morgan fingerprint density at radius 3 is 2.63 bits per heavy atom. The van der Waals surface area contributed by atoms with E-state index in [9.17, 15) is 18.0 Å². The lowest BCUT2D eigenvalue weighted by Crippen LogP contribution is -2.55. The van der Waals surface area contributed by atoms with E-state index in [0.717, 1.165) is 34.3 Å². The normalized spacial score (nSPS) is 14.2. The molecule has 0 aliphatic carbocycles. The van der Waals surface area contributed by atoms with Gasteiger partial charge in [-0.05, 0) is 48.0 Å². The summed E-state index contributed by atoms with van der Waals surface area (Å²) in [4.78, 5) is 17.3. The summed E-state index contributed by atoms with van der Waals surface area (Å²) in [5.74, 6) is 1.41. The van der Waals surface area contributed by atoms with Gasteiger partial charge in [0, 0.05) is 43.4 Å². The number of rotatable bonds is 6. The zero-order valence-corrected chi connectivity index (χ0v) is 18.7. The number of alkyl halides is 3. The van der Waals surface area contributed by atoms with Crippen molar-refractivity contribution in [3.05, 3.63) is 65.5 Å². The number of fused-ring (bicyclic) bond motifs is 1. The van der Waals surface area contributed by atoms with Crippen molar-refractivity contribution in [2.45, 2.75) is 19.6 Å². The Balaban J connectivity index is 1.08. The van der Waals surface area contributed by atoms with E-state index >= 15 is 0 Å². The van der Waals surface area contributed by atoms with Crippen molar-refractivity contribution in [2.75, 3.05) is 19.7 Å². The van der Waals surface area contributed by atoms with E-state index in [2.05, 4.69) is 20.5 Å². The predicted octanol–water partition coefficient (Wildman–Crippen LogP) is 4.77. The Morgan fingerprint density at radius 2 is 1.94 bits per heavy atom. The number of amides is 2. The molecule has 0 saturated carbocycles.